The molecular weight excluding hydrogens is 373 g/mol. The predicted molar refractivity (Wildman–Crippen MR) is 105 cm³/mol. The highest BCUT2D eigenvalue weighted by molar-refractivity contribution is 5.94. The fourth-order valence-electron chi connectivity index (χ4n) is 3.57. The number of benzene rings is 1. The largest absolute Gasteiger partial charge is 0.357 e. The lowest BCUT2D eigenvalue weighted by Gasteiger charge is -2.17. The summed E-state index contributed by atoms with van der Waals surface area (Å²) in [6.45, 7) is 1.48. The molecule has 0 bridgehead atoms. The molecule has 29 heavy (non-hydrogen) atoms. The number of amides is 1. The minimum atomic E-state index is -0.286. The van der Waals surface area contributed by atoms with Crippen molar-refractivity contribution in [1.29, 1.82) is 0 Å². The van der Waals surface area contributed by atoms with E-state index in [1.807, 2.05) is 12.1 Å². The molecule has 0 saturated carbocycles. The molecule has 0 unspecified atom stereocenters. The highest BCUT2D eigenvalue weighted by Crippen LogP contribution is 2.22. The van der Waals surface area contributed by atoms with E-state index in [9.17, 15) is 9.18 Å². The summed E-state index contributed by atoms with van der Waals surface area (Å²) < 4.78 is 14.7. The zero-order chi connectivity index (χ0) is 19.8. The fraction of sp³-hybridized carbons (Fsp3) is 0.200. The van der Waals surface area contributed by atoms with E-state index in [1.165, 1.54) is 12.1 Å². The number of H-pyrrole nitrogens is 1. The van der Waals surface area contributed by atoms with Crippen molar-refractivity contribution in [3.05, 3.63) is 66.5 Å². The Balaban J connectivity index is 1.24. The van der Waals surface area contributed by atoms with E-state index in [0.29, 0.717) is 17.9 Å². The van der Waals surface area contributed by atoms with Crippen LogP contribution in [0.1, 0.15) is 16.9 Å². The first-order valence-corrected chi connectivity index (χ1v) is 9.33. The number of hydrogen-bond donors (Lipinski definition) is 2. The van der Waals surface area contributed by atoms with Gasteiger partial charge in [-0.3, -0.25) is 4.79 Å². The van der Waals surface area contributed by atoms with Gasteiger partial charge < -0.3 is 15.2 Å². The number of anilines is 1. The Hall–Kier alpha value is -3.75. The molecular formula is C20H18FN7O. The van der Waals surface area contributed by atoms with Gasteiger partial charge in [-0.15, -0.1) is 15.3 Å². The lowest BCUT2D eigenvalue weighted by molar-refractivity contribution is 0.0936. The van der Waals surface area contributed by atoms with Gasteiger partial charge >= 0.3 is 0 Å². The van der Waals surface area contributed by atoms with E-state index in [1.54, 1.807) is 35.2 Å². The molecule has 1 aliphatic heterocycles. The Bertz CT molecular complexity index is 1170. The molecule has 1 atom stereocenters. The first-order valence-electron chi connectivity index (χ1n) is 9.33. The molecule has 3 aromatic heterocycles. The predicted octanol–water partition coefficient (Wildman–Crippen LogP) is 2.27. The molecule has 1 saturated heterocycles. The Labute approximate surface area is 165 Å². The Morgan fingerprint density at radius 1 is 1.17 bits per heavy atom. The molecule has 0 aliphatic carbocycles. The third kappa shape index (κ3) is 3.42. The molecule has 1 aromatic carbocycles. The van der Waals surface area contributed by atoms with Crippen LogP contribution in [0.5, 0.6) is 0 Å². The molecule has 146 valence electrons. The number of fused-ring (bicyclic) bond motifs is 1. The molecule has 9 heteroatoms. The summed E-state index contributed by atoms with van der Waals surface area (Å²) >= 11 is 0. The lowest BCUT2D eigenvalue weighted by Crippen LogP contribution is -2.37. The van der Waals surface area contributed by atoms with Crippen LogP contribution in [0.3, 0.4) is 0 Å². The van der Waals surface area contributed by atoms with Gasteiger partial charge in [0.05, 0.1) is 0 Å². The first kappa shape index (κ1) is 17.4. The third-order valence-electron chi connectivity index (χ3n) is 5.10. The summed E-state index contributed by atoms with van der Waals surface area (Å²) in [5, 5.41) is 15.4. The summed E-state index contributed by atoms with van der Waals surface area (Å²) in [5.41, 5.74) is 2.87. The van der Waals surface area contributed by atoms with Crippen LogP contribution in [0.2, 0.25) is 0 Å². The van der Waals surface area contributed by atoms with Crippen LogP contribution in [0.15, 0.2) is 55.0 Å². The van der Waals surface area contributed by atoms with Crippen LogP contribution in [0.25, 0.3) is 16.8 Å². The number of aromatic amines is 1. The zero-order valence-corrected chi connectivity index (χ0v) is 15.4. The second-order valence-electron chi connectivity index (χ2n) is 7.04. The van der Waals surface area contributed by atoms with Crippen molar-refractivity contribution >= 4 is 17.4 Å². The van der Waals surface area contributed by atoms with Crippen LogP contribution in [0.4, 0.5) is 10.2 Å². The van der Waals surface area contributed by atoms with Gasteiger partial charge in [-0.25, -0.2) is 4.39 Å². The molecule has 8 nitrogen and oxygen atoms in total. The topological polar surface area (TPSA) is 91.2 Å². The number of halogens is 1. The van der Waals surface area contributed by atoms with Crippen molar-refractivity contribution in [3.63, 3.8) is 0 Å². The van der Waals surface area contributed by atoms with E-state index in [4.69, 9.17) is 0 Å². The molecule has 5 rings (SSSR count). The average molecular weight is 391 g/mol. The number of aromatic nitrogens is 5. The molecule has 4 aromatic rings. The minimum absolute atomic E-state index is 0.0264. The van der Waals surface area contributed by atoms with E-state index in [2.05, 4.69) is 30.5 Å². The molecule has 2 N–H and O–H groups in total. The standard InChI is InChI=1S/C20H18FN7O/c21-15-3-1-13(2-4-15)14-9-17(22-10-14)20(29)24-16-7-8-27(11-16)19-6-5-18-25-23-12-28(18)26-19/h1-6,9-10,12,16,22H,7-8,11H2,(H,24,29)/t16-/m0/s1. The average Bonchev–Trinajstić information content (AvgIpc) is 3.48. The summed E-state index contributed by atoms with van der Waals surface area (Å²) in [6, 6.07) is 11.8. The summed E-state index contributed by atoms with van der Waals surface area (Å²) in [7, 11) is 0. The van der Waals surface area contributed by atoms with Crippen molar-refractivity contribution in [1.82, 2.24) is 30.1 Å². The first-order chi connectivity index (χ1) is 14.2. The van der Waals surface area contributed by atoms with Gasteiger partial charge in [0.25, 0.3) is 5.91 Å². The SMILES string of the molecule is O=C(N[C@H]1CCN(c2ccc3nncn3n2)C1)c1cc(-c2ccc(F)cc2)c[nH]1. The number of nitrogens with one attached hydrogen (secondary N) is 2. The van der Waals surface area contributed by atoms with E-state index in [0.717, 1.165) is 29.9 Å². The summed E-state index contributed by atoms with van der Waals surface area (Å²) in [4.78, 5) is 17.8. The van der Waals surface area contributed by atoms with Crippen molar-refractivity contribution < 1.29 is 9.18 Å². The second-order valence-corrected chi connectivity index (χ2v) is 7.04. The highest BCUT2D eigenvalue weighted by atomic mass is 19.1. The van der Waals surface area contributed by atoms with Crippen LogP contribution in [0, 0.1) is 5.82 Å². The Kier molecular flexibility index (Phi) is 4.19. The number of carbonyl (C=O) groups is 1. The van der Waals surface area contributed by atoms with Gasteiger partial charge in [0.1, 0.15) is 23.7 Å². The maximum Gasteiger partial charge on any atom is 0.267 e. The van der Waals surface area contributed by atoms with E-state index < -0.39 is 0 Å². The van der Waals surface area contributed by atoms with Gasteiger partial charge in [-0.05, 0) is 47.9 Å². The van der Waals surface area contributed by atoms with E-state index >= 15 is 0 Å². The third-order valence-corrected chi connectivity index (χ3v) is 5.10. The maximum absolute atomic E-state index is 13.1. The molecule has 1 amide bonds. The van der Waals surface area contributed by atoms with Crippen molar-refractivity contribution in [3.8, 4) is 11.1 Å². The molecule has 0 radical (unpaired) electrons. The maximum atomic E-state index is 13.1. The van der Waals surface area contributed by atoms with Crippen LogP contribution in [-0.2, 0) is 0 Å². The van der Waals surface area contributed by atoms with E-state index in [-0.39, 0.29) is 17.8 Å². The molecule has 0 spiro atoms. The smallest absolute Gasteiger partial charge is 0.267 e. The minimum Gasteiger partial charge on any atom is -0.357 e. The van der Waals surface area contributed by atoms with Gasteiger partial charge in [0.2, 0.25) is 0 Å². The van der Waals surface area contributed by atoms with Crippen molar-refractivity contribution in [2.45, 2.75) is 12.5 Å². The van der Waals surface area contributed by atoms with Crippen LogP contribution in [-0.4, -0.2) is 49.8 Å². The van der Waals surface area contributed by atoms with Gasteiger partial charge in [0, 0.05) is 25.3 Å². The van der Waals surface area contributed by atoms with Crippen molar-refractivity contribution in [2.24, 2.45) is 0 Å². The fourth-order valence-corrected chi connectivity index (χ4v) is 3.57. The summed E-state index contributed by atoms with van der Waals surface area (Å²) in [6.07, 6.45) is 4.15. The quantitative estimate of drug-likeness (QED) is 0.557. The monoisotopic (exact) mass is 391 g/mol. The van der Waals surface area contributed by atoms with Gasteiger partial charge in [-0.2, -0.15) is 4.52 Å². The zero-order valence-electron chi connectivity index (χ0n) is 15.4. The number of rotatable bonds is 4. The molecule has 4 heterocycles. The number of carbonyl (C=O) groups excluding carboxylic acids is 1. The lowest BCUT2D eigenvalue weighted by atomic mass is 10.1. The van der Waals surface area contributed by atoms with Gasteiger partial charge in [-0.1, -0.05) is 12.1 Å². The summed E-state index contributed by atoms with van der Waals surface area (Å²) in [5.74, 6) is 0.380. The van der Waals surface area contributed by atoms with Crippen molar-refractivity contribution in [2.75, 3.05) is 18.0 Å². The van der Waals surface area contributed by atoms with Gasteiger partial charge in [0.15, 0.2) is 5.65 Å². The Morgan fingerprint density at radius 3 is 2.90 bits per heavy atom. The molecule has 1 aliphatic rings. The Morgan fingerprint density at radius 2 is 2.03 bits per heavy atom. The second kappa shape index (κ2) is 7.01. The normalized spacial score (nSPS) is 16.4. The number of hydrogen-bond acceptors (Lipinski definition) is 5. The highest BCUT2D eigenvalue weighted by Gasteiger charge is 2.26. The van der Waals surface area contributed by atoms with Crippen LogP contribution >= 0.6 is 0 Å². The van der Waals surface area contributed by atoms with Crippen LogP contribution < -0.4 is 10.2 Å². The molecule has 1 fully saturated rings. The number of nitrogens with zero attached hydrogens (tertiary/aromatic N) is 5.